The molecule has 5 nitrogen and oxygen atoms in total. The van der Waals surface area contributed by atoms with E-state index in [2.05, 4.69) is 15.3 Å². The zero-order chi connectivity index (χ0) is 15.4. The summed E-state index contributed by atoms with van der Waals surface area (Å²) in [6.07, 6.45) is 2.44. The fraction of sp³-hybridized carbons (Fsp3) is 0.312. The van der Waals surface area contributed by atoms with Crippen LogP contribution in [-0.2, 0) is 0 Å². The molecule has 2 rings (SSSR count). The quantitative estimate of drug-likeness (QED) is 0.905. The van der Waals surface area contributed by atoms with Crippen LogP contribution in [0.1, 0.15) is 46.8 Å². The highest BCUT2D eigenvalue weighted by molar-refractivity contribution is 5.92. The molecule has 2 heterocycles. The minimum absolute atomic E-state index is 0.178. The lowest BCUT2D eigenvalue weighted by atomic mass is 10.1. The first-order valence-electron chi connectivity index (χ1n) is 6.94. The Morgan fingerprint density at radius 2 is 2.14 bits per heavy atom. The lowest BCUT2D eigenvalue weighted by Gasteiger charge is -2.18. The van der Waals surface area contributed by atoms with E-state index in [0.717, 1.165) is 17.7 Å². The molecule has 110 valence electrons. The van der Waals surface area contributed by atoms with Crippen LogP contribution in [0.15, 0.2) is 35.3 Å². The van der Waals surface area contributed by atoms with Crippen molar-refractivity contribution in [1.29, 1.82) is 0 Å². The molecule has 1 unspecified atom stereocenters. The minimum Gasteiger partial charge on any atom is -0.354 e. The summed E-state index contributed by atoms with van der Waals surface area (Å²) in [7, 11) is 0. The predicted octanol–water partition coefficient (Wildman–Crippen LogP) is 2.27. The van der Waals surface area contributed by atoms with Gasteiger partial charge in [-0.05, 0) is 31.9 Å². The van der Waals surface area contributed by atoms with Crippen molar-refractivity contribution in [2.75, 3.05) is 0 Å². The average Bonchev–Trinajstić information content (AvgIpc) is 2.44. The highest BCUT2D eigenvalue weighted by atomic mass is 16.2. The second-order valence-corrected chi connectivity index (χ2v) is 5.05. The van der Waals surface area contributed by atoms with Gasteiger partial charge < -0.3 is 10.3 Å². The lowest BCUT2D eigenvalue weighted by molar-refractivity contribution is 0.0929. The summed E-state index contributed by atoms with van der Waals surface area (Å²) in [6, 6.07) is 6.41. The van der Waals surface area contributed by atoms with Gasteiger partial charge in [0, 0.05) is 24.0 Å². The summed E-state index contributed by atoms with van der Waals surface area (Å²) in [5, 5.41) is 2.92. The molecule has 0 aromatic carbocycles. The number of carbonyl (C=O) groups excluding carboxylic acids is 1. The first-order valence-corrected chi connectivity index (χ1v) is 6.94. The van der Waals surface area contributed by atoms with Gasteiger partial charge in [0.25, 0.3) is 5.91 Å². The number of nitrogens with zero attached hydrogens (tertiary/aromatic N) is 1. The molecule has 0 spiro atoms. The highest BCUT2D eigenvalue weighted by Gasteiger charge is 2.17. The van der Waals surface area contributed by atoms with E-state index >= 15 is 0 Å². The van der Waals surface area contributed by atoms with Crippen molar-refractivity contribution in [3.05, 3.63) is 63.3 Å². The average molecular weight is 285 g/mol. The number of aromatic amines is 1. The van der Waals surface area contributed by atoms with Gasteiger partial charge in [-0.15, -0.1) is 0 Å². The maximum absolute atomic E-state index is 12.3. The fourth-order valence-corrected chi connectivity index (χ4v) is 2.27. The molecule has 0 aliphatic rings. The molecular formula is C16H19N3O2. The van der Waals surface area contributed by atoms with Crippen molar-refractivity contribution in [3.8, 4) is 0 Å². The van der Waals surface area contributed by atoms with E-state index in [9.17, 15) is 9.59 Å². The number of rotatable bonds is 4. The van der Waals surface area contributed by atoms with Crippen molar-refractivity contribution < 1.29 is 4.79 Å². The third kappa shape index (κ3) is 3.56. The Kier molecular flexibility index (Phi) is 4.52. The summed E-state index contributed by atoms with van der Waals surface area (Å²) in [5.41, 5.74) is 2.63. The normalized spacial score (nSPS) is 12.0. The SMILES string of the molecule is CCC(NC(=O)c1cc(=O)cc(C)[nH]1)c1ncccc1C. The van der Waals surface area contributed by atoms with Crippen molar-refractivity contribution in [2.45, 2.75) is 33.2 Å². The van der Waals surface area contributed by atoms with E-state index in [-0.39, 0.29) is 23.1 Å². The van der Waals surface area contributed by atoms with Gasteiger partial charge in [0.2, 0.25) is 0 Å². The number of nitrogens with one attached hydrogen (secondary N) is 2. The Morgan fingerprint density at radius 1 is 1.38 bits per heavy atom. The Bertz CT molecular complexity index is 707. The first-order chi connectivity index (χ1) is 10.0. The number of pyridine rings is 2. The van der Waals surface area contributed by atoms with Gasteiger partial charge in [0.15, 0.2) is 5.43 Å². The number of carbonyl (C=O) groups is 1. The molecule has 0 radical (unpaired) electrons. The van der Waals surface area contributed by atoms with Gasteiger partial charge in [-0.2, -0.15) is 0 Å². The molecule has 0 aliphatic carbocycles. The van der Waals surface area contributed by atoms with Crippen LogP contribution in [0, 0.1) is 13.8 Å². The minimum atomic E-state index is -0.298. The molecule has 1 atom stereocenters. The van der Waals surface area contributed by atoms with Crippen LogP contribution in [0.25, 0.3) is 0 Å². The van der Waals surface area contributed by atoms with Crippen molar-refractivity contribution in [2.24, 2.45) is 0 Å². The van der Waals surface area contributed by atoms with Gasteiger partial charge in [-0.1, -0.05) is 13.0 Å². The summed E-state index contributed by atoms with van der Waals surface area (Å²) in [6.45, 7) is 5.70. The monoisotopic (exact) mass is 285 g/mol. The van der Waals surface area contributed by atoms with E-state index in [1.807, 2.05) is 26.0 Å². The van der Waals surface area contributed by atoms with E-state index < -0.39 is 0 Å². The number of aryl methyl sites for hydroxylation is 2. The van der Waals surface area contributed by atoms with Gasteiger partial charge in [0.05, 0.1) is 11.7 Å². The Labute approximate surface area is 123 Å². The smallest absolute Gasteiger partial charge is 0.268 e. The summed E-state index contributed by atoms with van der Waals surface area (Å²) in [4.78, 5) is 31.0. The maximum atomic E-state index is 12.3. The van der Waals surface area contributed by atoms with Gasteiger partial charge >= 0.3 is 0 Å². The fourth-order valence-electron chi connectivity index (χ4n) is 2.27. The van der Waals surface area contributed by atoms with E-state index in [4.69, 9.17) is 0 Å². The van der Waals surface area contributed by atoms with E-state index in [1.54, 1.807) is 13.1 Å². The van der Waals surface area contributed by atoms with Gasteiger partial charge in [-0.25, -0.2) is 0 Å². The Morgan fingerprint density at radius 3 is 2.76 bits per heavy atom. The topological polar surface area (TPSA) is 74.8 Å². The Hall–Kier alpha value is -2.43. The number of H-pyrrole nitrogens is 1. The summed E-state index contributed by atoms with van der Waals surface area (Å²) in [5.74, 6) is -0.298. The molecule has 21 heavy (non-hydrogen) atoms. The van der Waals surface area contributed by atoms with Crippen LogP contribution in [0.2, 0.25) is 0 Å². The van der Waals surface area contributed by atoms with Crippen molar-refractivity contribution >= 4 is 5.91 Å². The Balaban J connectivity index is 2.24. The largest absolute Gasteiger partial charge is 0.354 e. The number of amides is 1. The number of hydrogen-bond acceptors (Lipinski definition) is 3. The molecule has 2 aromatic rings. The van der Waals surface area contributed by atoms with Crippen LogP contribution >= 0.6 is 0 Å². The number of aromatic nitrogens is 2. The van der Waals surface area contributed by atoms with Crippen LogP contribution < -0.4 is 10.7 Å². The summed E-state index contributed by atoms with van der Waals surface area (Å²) >= 11 is 0. The zero-order valence-corrected chi connectivity index (χ0v) is 12.4. The van der Waals surface area contributed by atoms with Crippen LogP contribution in [0.3, 0.4) is 0 Å². The van der Waals surface area contributed by atoms with Crippen molar-refractivity contribution in [3.63, 3.8) is 0 Å². The second-order valence-electron chi connectivity index (χ2n) is 5.05. The predicted molar refractivity (Wildman–Crippen MR) is 81.3 cm³/mol. The third-order valence-electron chi connectivity index (χ3n) is 3.32. The number of hydrogen-bond donors (Lipinski definition) is 2. The van der Waals surface area contributed by atoms with Crippen molar-refractivity contribution in [1.82, 2.24) is 15.3 Å². The van der Waals surface area contributed by atoms with Crippen LogP contribution in [0.5, 0.6) is 0 Å². The third-order valence-corrected chi connectivity index (χ3v) is 3.32. The molecule has 0 fully saturated rings. The van der Waals surface area contributed by atoms with Gasteiger partial charge in [-0.3, -0.25) is 14.6 Å². The molecule has 0 saturated carbocycles. The van der Waals surface area contributed by atoms with Crippen LogP contribution in [0.4, 0.5) is 0 Å². The van der Waals surface area contributed by atoms with Gasteiger partial charge in [0.1, 0.15) is 5.69 Å². The standard InChI is InChI=1S/C16H19N3O2/c1-4-13(15-10(2)6-5-7-17-15)19-16(21)14-9-12(20)8-11(3)18-14/h5-9,13H,4H2,1-3H3,(H,18,20)(H,19,21). The molecule has 5 heteroatoms. The molecular weight excluding hydrogens is 266 g/mol. The summed E-state index contributed by atoms with van der Waals surface area (Å²) < 4.78 is 0. The van der Waals surface area contributed by atoms with E-state index in [0.29, 0.717) is 5.69 Å². The maximum Gasteiger partial charge on any atom is 0.268 e. The highest BCUT2D eigenvalue weighted by Crippen LogP contribution is 2.18. The lowest BCUT2D eigenvalue weighted by Crippen LogP contribution is -2.30. The van der Waals surface area contributed by atoms with Crippen LogP contribution in [-0.4, -0.2) is 15.9 Å². The zero-order valence-electron chi connectivity index (χ0n) is 12.4. The molecule has 0 saturated heterocycles. The molecule has 0 bridgehead atoms. The molecule has 2 N–H and O–H groups in total. The van der Waals surface area contributed by atoms with E-state index in [1.165, 1.54) is 12.1 Å². The first kappa shape index (κ1) is 15.0. The second kappa shape index (κ2) is 6.35. The molecule has 1 amide bonds. The molecule has 2 aromatic heterocycles. The molecule has 0 aliphatic heterocycles.